The molecule has 1 heterocycles. The number of benzene rings is 1. The molecule has 0 aliphatic heterocycles. The Morgan fingerprint density at radius 1 is 1.47 bits per heavy atom. The zero-order valence-corrected chi connectivity index (χ0v) is 10.1. The van der Waals surface area contributed by atoms with Crippen LogP contribution in [0.2, 0.25) is 0 Å². The summed E-state index contributed by atoms with van der Waals surface area (Å²) in [5.74, 6) is 1.69. The lowest BCUT2D eigenvalue weighted by Gasteiger charge is -2.13. The van der Waals surface area contributed by atoms with Crippen molar-refractivity contribution >= 4 is 0 Å². The van der Waals surface area contributed by atoms with Crippen molar-refractivity contribution < 1.29 is 4.74 Å². The van der Waals surface area contributed by atoms with Crippen LogP contribution >= 0.6 is 0 Å². The highest BCUT2D eigenvalue weighted by Gasteiger charge is 2.13. The lowest BCUT2D eigenvalue weighted by molar-refractivity contribution is 0.339. The van der Waals surface area contributed by atoms with E-state index < -0.39 is 0 Å². The summed E-state index contributed by atoms with van der Waals surface area (Å²) < 4.78 is 7.39. The highest BCUT2D eigenvalue weighted by molar-refractivity contribution is 5.33. The first kappa shape index (κ1) is 11.7. The second kappa shape index (κ2) is 5.01. The van der Waals surface area contributed by atoms with Gasteiger partial charge >= 0.3 is 0 Å². The fourth-order valence-corrected chi connectivity index (χ4v) is 1.79. The second-order valence-corrected chi connectivity index (χ2v) is 3.88. The van der Waals surface area contributed by atoms with E-state index in [2.05, 4.69) is 4.98 Å². The third-order valence-corrected chi connectivity index (χ3v) is 2.66. The van der Waals surface area contributed by atoms with E-state index >= 15 is 0 Å². The van der Waals surface area contributed by atoms with Crippen LogP contribution in [0.25, 0.3) is 0 Å². The van der Waals surface area contributed by atoms with E-state index in [4.69, 9.17) is 10.5 Å². The van der Waals surface area contributed by atoms with Crippen LogP contribution in [-0.4, -0.2) is 16.2 Å². The monoisotopic (exact) mass is 231 g/mol. The Bertz CT molecular complexity index is 493. The zero-order chi connectivity index (χ0) is 12.3. The van der Waals surface area contributed by atoms with Gasteiger partial charge in [-0.3, -0.25) is 0 Å². The zero-order valence-electron chi connectivity index (χ0n) is 10.1. The minimum atomic E-state index is -0.226. The fraction of sp³-hybridized carbons (Fsp3) is 0.308. The number of nitrogens with zero attached hydrogens (tertiary/aromatic N) is 2. The van der Waals surface area contributed by atoms with E-state index in [1.165, 1.54) is 0 Å². The van der Waals surface area contributed by atoms with Gasteiger partial charge in [0.25, 0.3) is 0 Å². The maximum absolute atomic E-state index is 6.19. The smallest absolute Gasteiger partial charge is 0.129 e. The van der Waals surface area contributed by atoms with Crippen molar-refractivity contribution in [1.29, 1.82) is 0 Å². The van der Waals surface area contributed by atoms with Gasteiger partial charge in [0.1, 0.15) is 11.6 Å². The molecule has 17 heavy (non-hydrogen) atoms. The van der Waals surface area contributed by atoms with Crippen LogP contribution in [0, 0.1) is 0 Å². The quantitative estimate of drug-likeness (QED) is 0.874. The molecule has 1 unspecified atom stereocenters. The molecule has 0 radical (unpaired) electrons. The normalized spacial score (nSPS) is 12.4. The molecule has 2 rings (SSSR count). The molecule has 0 saturated heterocycles. The standard InChI is InChI=1S/C13H17N3O/c1-3-17-11-6-4-5-10(9-11)12(14)13-15-7-8-16(13)2/h4-9,12H,3,14H2,1-2H3. The number of hydrogen-bond acceptors (Lipinski definition) is 3. The summed E-state index contributed by atoms with van der Waals surface area (Å²) in [5, 5.41) is 0. The summed E-state index contributed by atoms with van der Waals surface area (Å²) >= 11 is 0. The van der Waals surface area contributed by atoms with Gasteiger partial charge in [-0.05, 0) is 24.6 Å². The Morgan fingerprint density at radius 3 is 2.94 bits per heavy atom. The molecule has 2 aromatic rings. The van der Waals surface area contributed by atoms with E-state index in [1.54, 1.807) is 6.20 Å². The van der Waals surface area contributed by atoms with E-state index in [1.807, 2.05) is 49.0 Å². The van der Waals surface area contributed by atoms with Gasteiger partial charge in [-0.1, -0.05) is 12.1 Å². The minimum absolute atomic E-state index is 0.226. The summed E-state index contributed by atoms with van der Waals surface area (Å²) in [6.45, 7) is 2.62. The summed E-state index contributed by atoms with van der Waals surface area (Å²) in [5.41, 5.74) is 7.19. The number of rotatable bonds is 4. The van der Waals surface area contributed by atoms with Gasteiger partial charge in [0, 0.05) is 19.4 Å². The summed E-state index contributed by atoms with van der Waals surface area (Å²) in [4.78, 5) is 4.26. The first-order valence-electron chi connectivity index (χ1n) is 5.68. The lowest BCUT2D eigenvalue weighted by atomic mass is 10.1. The maximum Gasteiger partial charge on any atom is 0.129 e. The predicted octanol–water partition coefficient (Wildman–Crippen LogP) is 1.87. The molecule has 0 fully saturated rings. The third-order valence-electron chi connectivity index (χ3n) is 2.66. The SMILES string of the molecule is CCOc1cccc(C(N)c2nccn2C)c1. The number of ether oxygens (including phenoxy) is 1. The molecule has 1 atom stereocenters. The van der Waals surface area contributed by atoms with Crippen molar-refractivity contribution in [2.24, 2.45) is 12.8 Å². The Labute approximate surface area is 101 Å². The van der Waals surface area contributed by atoms with Crippen LogP contribution < -0.4 is 10.5 Å². The van der Waals surface area contributed by atoms with Crippen molar-refractivity contribution in [3.05, 3.63) is 48.0 Å². The molecule has 0 bridgehead atoms. The Hall–Kier alpha value is -1.81. The number of imidazole rings is 1. The van der Waals surface area contributed by atoms with Gasteiger partial charge in [0.05, 0.1) is 12.6 Å². The van der Waals surface area contributed by atoms with E-state index in [0.717, 1.165) is 17.1 Å². The molecule has 0 saturated carbocycles. The minimum Gasteiger partial charge on any atom is -0.494 e. The van der Waals surface area contributed by atoms with E-state index in [-0.39, 0.29) is 6.04 Å². The van der Waals surface area contributed by atoms with Crippen LogP contribution in [0.5, 0.6) is 5.75 Å². The number of nitrogens with two attached hydrogens (primary N) is 1. The van der Waals surface area contributed by atoms with Gasteiger partial charge in [0.2, 0.25) is 0 Å². The second-order valence-electron chi connectivity index (χ2n) is 3.88. The molecule has 90 valence electrons. The van der Waals surface area contributed by atoms with Crippen molar-refractivity contribution in [3.63, 3.8) is 0 Å². The van der Waals surface area contributed by atoms with Gasteiger partial charge < -0.3 is 15.0 Å². The first-order valence-corrected chi connectivity index (χ1v) is 5.68. The molecule has 0 aliphatic rings. The fourth-order valence-electron chi connectivity index (χ4n) is 1.79. The van der Waals surface area contributed by atoms with Gasteiger partial charge in [0.15, 0.2) is 0 Å². The Morgan fingerprint density at radius 2 is 2.29 bits per heavy atom. The van der Waals surface area contributed by atoms with E-state index in [9.17, 15) is 0 Å². The van der Waals surface area contributed by atoms with Crippen LogP contribution in [0.3, 0.4) is 0 Å². The Balaban J connectivity index is 2.28. The molecule has 0 amide bonds. The van der Waals surface area contributed by atoms with Gasteiger partial charge in [-0.15, -0.1) is 0 Å². The molecular formula is C13H17N3O. The van der Waals surface area contributed by atoms with Crippen molar-refractivity contribution in [2.45, 2.75) is 13.0 Å². The highest BCUT2D eigenvalue weighted by Crippen LogP contribution is 2.21. The average Bonchev–Trinajstić information content (AvgIpc) is 2.75. The molecule has 0 aliphatic carbocycles. The molecule has 4 heteroatoms. The topological polar surface area (TPSA) is 53.1 Å². The first-order chi connectivity index (χ1) is 8.22. The number of hydrogen-bond donors (Lipinski definition) is 1. The molecule has 4 nitrogen and oxygen atoms in total. The largest absolute Gasteiger partial charge is 0.494 e. The highest BCUT2D eigenvalue weighted by atomic mass is 16.5. The number of aryl methyl sites for hydroxylation is 1. The molecular weight excluding hydrogens is 214 g/mol. The van der Waals surface area contributed by atoms with Gasteiger partial charge in [-0.25, -0.2) is 4.98 Å². The third kappa shape index (κ3) is 2.47. The Kier molecular flexibility index (Phi) is 3.44. The summed E-state index contributed by atoms with van der Waals surface area (Å²) in [6.07, 6.45) is 3.64. The molecule has 0 spiro atoms. The van der Waals surface area contributed by atoms with Crippen molar-refractivity contribution in [1.82, 2.24) is 9.55 Å². The number of aromatic nitrogens is 2. The van der Waals surface area contributed by atoms with Crippen molar-refractivity contribution in [2.75, 3.05) is 6.61 Å². The van der Waals surface area contributed by atoms with Crippen LogP contribution in [0.1, 0.15) is 24.4 Å². The maximum atomic E-state index is 6.19. The molecule has 1 aromatic carbocycles. The lowest BCUT2D eigenvalue weighted by Crippen LogP contribution is -2.16. The van der Waals surface area contributed by atoms with Gasteiger partial charge in [-0.2, -0.15) is 0 Å². The molecule has 2 N–H and O–H groups in total. The average molecular weight is 231 g/mol. The van der Waals surface area contributed by atoms with Crippen molar-refractivity contribution in [3.8, 4) is 5.75 Å². The predicted molar refractivity (Wildman–Crippen MR) is 66.8 cm³/mol. The van der Waals surface area contributed by atoms with E-state index in [0.29, 0.717) is 6.61 Å². The van der Waals surface area contributed by atoms with Crippen LogP contribution in [0.4, 0.5) is 0 Å². The summed E-state index contributed by atoms with van der Waals surface area (Å²) in [7, 11) is 1.94. The van der Waals surface area contributed by atoms with Crippen LogP contribution in [0.15, 0.2) is 36.7 Å². The summed E-state index contributed by atoms with van der Waals surface area (Å²) in [6, 6.07) is 7.60. The molecule has 1 aromatic heterocycles. The van der Waals surface area contributed by atoms with Crippen LogP contribution in [-0.2, 0) is 7.05 Å².